The maximum atomic E-state index is 11.9. The maximum absolute atomic E-state index is 11.9. The van der Waals surface area contributed by atoms with Crippen LogP contribution in [-0.4, -0.2) is 28.1 Å². The van der Waals surface area contributed by atoms with Crippen LogP contribution in [0.1, 0.15) is 21.7 Å². The number of aryl methyl sites for hydroxylation is 2. The predicted molar refractivity (Wildman–Crippen MR) is 80.1 cm³/mol. The second-order valence-electron chi connectivity index (χ2n) is 4.77. The van der Waals surface area contributed by atoms with E-state index >= 15 is 0 Å². The highest BCUT2D eigenvalue weighted by atomic mass is 16.2. The number of benzene rings is 1. The Hall–Kier alpha value is -2.63. The average Bonchev–Trinajstić information content (AvgIpc) is 2.72. The summed E-state index contributed by atoms with van der Waals surface area (Å²) in [5.74, 6) is -0.552. The van der Waals surface area contributed by atoms with Crippen molar-refractivity contribution in [3.8, 4) is 0 Å². The van der Waals surface area contributed by atoms with E-state index < -0.39 is 0 Å². The van der Waals surface area contributed by atoms with Crippen LogP contribution in [0.15, 0.2) is 30.3 Å². The summed E-state index contributed by atoms with van der Waals surface area (Å²) in [5, 5.41) is 9.58. The molecule has 6 nitrogen and oxygen atoms in total. The van der Waals surface area contributed by atoms with Gasteiger partial charge in [0.1, 0.15) is 0 Å². The van der Waals surface area contributed by atoms with E-state index in [-0.39, 0.29) is 18.4 Å². The van der Waals surface area contributed by atoms with Gasteiger partial charge in [0, 0.05) is 12.6 Å². The van der Waals surface area contributed by atoms with Crippen LogP contribution in [0.3, 0.4) is 0 Å². The fourth-order valence-corrected chi connectivity index (χ4v) is 1.99. The third-order valence-electron chi connectivity index (χ3n) is 3.22. The van der Waals surface area contributed by atoms with Gasteiger partial charge in [0.2, 0.25) is 5.91 Å². The van der Waals surface area contributed by atoms with E-state index in [1.165, 1.54) is 0 Å². The van der Waals surface area contributed by atoms with E-state index in [4.69, 9.17) is 0 Å². The Morgan fingerprint density at radius 2 is 1.86 bits per heavy atom. The van der Waals surface area contributed by atoms with Gasteiger partial charge >= 0.3 is 0 Å². The monoisotopic (exact) mass is 286 g/mol. The summed E-state index contributed by atoms with van der Waals surface area (Å²) < 4.78 is 1.70. The molecule has 21 heavy (non-hydrogen) atoms. The van der Waals surface area contributed by atoms with E-state index in [0.29, 0.717) is 11.3 Å². The van der Waals surface area contributed by atoms with Crippen LogP contribution < -0.4 is 10.6 Å². The van der Waals surface area contributed by atoms with Gasteiger partial charge in [-0.05, 0) is 26.0 Å². The van der Waals surface area contributed by atoms with Gasteiger partial charge in [-0.3, -0.25) is 14.3 Å². The first kappa shape index (κ1) is 14.8. The fraction of sp³-hybridized carbons (Fsp3) is 0.267. The van der Waals surface area contributed by atoms with Crippen molar-refractivity contribution in [1.82, 2.24) is 15.1 Å². The summed E-state index contributed by atoms with van der Waals surface area (Å²) >= 11 is 0. The lowest BCUT2D eigenvalue weighted by Crippen LogP contribution is -2.33. The largest absolute Gasteiger partial charge is 0.343 e. The van der Waals surface area contributed by atoms with Crippen molar-refractivity contribution in [2.24, 2.45) is 7.05 Å². The molecule has 0 spiro atoms. The van der Waals surface area contributed by atoms with E-state index in [2.05, 4.69) is 15.7 Å². The highest BCUT2D eigenvalue weighted by Gasteiger charge is 2.13. The number of nitrogens with one attached hydrogen (secondary N) is 2. The molecule has 6 heteroatoms. The van der Waals surface area contributed by atoms with E-state index in [1.54, 1.807) is 28.9 Å². The molecule has 0 fully saturated rings. The number of nitrogens with zero attached hydrogens (tertiary/aromatic N) is 2. The summed E-state index contributed by atoms with van der Waals surface area (Å²) in [5.41, 5.74) is 2.84. The molecule has 1 heterocycles. The molecule has 0 bridgehead atoms. The summed E-state index contributed by atoms with van der Waals surface area (Å²) in [6.07, 6.45) is 0. The summed E-state index contributed by atoms with van der Waals surface area (Å²) in [6.45, 7) is 3.62. The van der Waals surface area contributed by atoms with Gasteiger partial charge in [0.25, 0.3) is 5.91 Å². The zero-order valence-electron chi connectivity index (χ0n) is 12.3. The SMILES string of the molecule is Cc1nn(C)c(C)c1NC(=O)CNC(=O)c1ccccc1. The lowest BCUT2D eigenvalue weighted by molar-refractivity contribution is -0.115. The molecule has 0 aliphatic rings. The van der Waals surface area contributed by atoms with Crippen molar-refractivity contribution in [3.05, 3.63) is 47.3 Å². The number of rotatable bonds is 4. The first-order chi connectivity index (χ1) is 9.99. The molecule has 2 amide bonds. The molecule has 0 aliphatic heterocycles. The van der Waals surface area contributed by atoms with E-state index in [1.807, 2.05) is 27.0 Å². The molecule has 2 rings (SSSR count). The quantitative estimate of drug-likeness (QED) is 0.892. The molecule has 110 valence electrons. The lowest BCUT2D eigenvalue weighted by Gasteiger charge is -2.07. The lowest BCUT2D eigenvalue weighted by atomic mass is 10.2. The summed E-state index contributed by atoms with van der Waals surface area (Å²) in [4.78, 5) is 23.7. The molecule has 0 aliphatic carbocycles. The number of hydrogen-bond donors (Lipinski definition) is 2. The Morgan fingerprint density at radius 1 is 1.19 bits per heavy atom. The van der Waals surface area contributed by atoms with Gasteiger partial charge in [-0.2, -0.15) is 5.10 Å². The first-order valence-electron chi connectivity index (χ1n) is 6.62. The Bertz CT molecular complexity index is 662. The van der Waals surface area contributed by atoms with Crippen molar-refractivity contribution in [2.45, 2.75) is 13.8 Å². The number of amides is 2. The third kappa shape index (κ3) is 3.47. The second kappa shape index (κ2) is 6.21. The topological polar surface area (TPSA) is 76.0 Å². The highest BCUT2D eigenvalue weighted by Crippen LogP contribution is 2.17. The average molecular weight is 286 g/mol. The van der Waals surface area contributed by atoms with Crippen molar-refractivity contribution in [1.29, 1.82) is 0 Å². The molecule has 2 N–H and O–H groups in total. The number of anilines is 1. The Morgan fingerprint density at radius 3 is 2.43 bits per heavy atom. The minimum Gasteiger partial charge on any atom is -0.343 e. The molecule has 1 aromatic carbocycles. The standard InChI is InChI=1S/C15H18N4O2/c1-10-14(11(2)19(3)18-10)17-13(20)9-16-15(21)12-7-5-4-6-8-12/h4-8H,9H2,1-3H3,(H,16,21)(H,17,20). The van der Waals surface area contributed by atoms with Crippen LogP contribution >= 0.6 is 0 Å². The molecule has 2 aromatic rings. The van der Waals surface area contributed by atoms with Gasteiger partial charge in [0.15, 0.2) is 0 Å². The van der Waals surface area contributed by atoms with Crippen LogP contribution in [0, 0.1) is 13.8 Å². The molecular weight excluding hydrogens is 268 g/mol. The normalized spacial score (nSPS) is 10.2. The number of hydrogen-bond acceptors (Lipinski definition) is 3. The summed E-state index contributed by atoms with van der Waals surface area (Å²) in [7, 11) is 1.81. The van der Waals surface area contributed by atoms with Crippen LogP contribution in [0.5, 0.6) is 0 Å². The Labute approximate surface area is 123 Å². The number of aromatic nitrogens is 2. The zero-order valence-corrected chi connectivity index (χ0v) is 12.3. The van der Waals surface area contributed by atoms with Crippen molar-refractivity contribution in [2.75, 3.05) is 11.9 Å². The smallest absolute Gasteiger partial charge is 0.251 e. The molecule has 0 unspecified atom stereocenters. The zero-order chi connectivity index (χ0) is 15.4. The van der Waals surface area contributed by atoms with Crippen molar-refractivity contribution < 1.29 is 9.59 Å². The Balaban J connectivity index is 1.92. The minimum atomic E-state index is -0.279. The van der Waals surface area contributed by atoms with Crippen LogP contribution in [0.4, 0.5) is 5.69 Å². The van der Waals surface area contributed by atoms with Gasteiger partial charge < -0.3 is 10.6 Å². The summed E-state index contributed by atoms with van der Waals surface area (Å²) in [6, 6.07) is 8.78. The Kier molecular flexibility index (Phi) is 4.37. The molecule has 1 aromatic heterocycles. The molecular formula is C15H18N4O2. The predicted octanol–water partition coefficient (Wildman–Crippen LogP) is 1.41. The van der Waals surface area contributed by atoms with Crippen molar-refractivity contribution >= 4 is 17.5 Å². The van der Waals surface area contributed by atoms with Gasteiger partial charge in [-0.25, -0.2) is 0 Å². The highest BCUT2D eigenvalue weighted by molar-refractivity contribution is 5.99. The minimum absolute atomic E-state index is 0.0818. The van der Waals surface area contributed by atoms with Gasteiger partial charge in [0.05, 0.1) is 23.6 Å². The molecule has 0 atom stereocenters. The van der Waals surface area contributed by atoms with E-state index in [0.717, 1.165) is 11.4 Å². The van der Waals surface area contributed by atoms with Crippen LogP contribution in [0.2, 0.25) is 0 Å². The van der Waals surface area contributed by atoms with Crippen molar-refractivity contribution in [3.63, 3.8) is 0 Å². The van der Waals surface area contributed by atoms with Crippen LogP contribution in [0.25, 0.3) is 0 Å². The van der Waals surface area contributed by atoms with Crippen LogP contribution in [-0.2, 0) is 11.8 Å². The third-order valence-corrected chi connectivity index (χ3v) is 3.22. The molecule has 0 saturated carbocycles. The second-order valence-corrected chi connectivity index (χ2v) is 4.77. The maximum Gasteiger partial charge on any atom is 0.251 e. The number of carbonyl (C=O) groups is 2. The van der Waals surface area contributed by atoms with Gasteiger partial charge in [-0.1, -0.05) is 18.2 Å². The van der Waals surface area contributed by atoms with Gasteiger partial charge in [-0.15, -0.1) is 0 Å². The fourth-order valence-electron chi connectivity index (χ4n) is 1.99. The van der Waals surface area contributed by atoms with E-state index in [9.17, 15) is 9.59 Å². The molecule has 0 radical (unpaired) electrons. The number of carbonyl (C=O) groups excluding carboxylic acids is 2. The first-order valence-corrected chi connectivity index (χ1v) is 6.62. The molecule has 0 saturated heterocycles.